The van der Waals surface area contributed by atoms with Crippen molar-refractivity contribution >= 4 is 11.7 Å². The normalized spacial score (nSPS) is 21.6. The Hall–Kier alpha value is -1.55. The topological polar surface area (TPSA) is 41.6 Å². The summed E-state index contributed by atoms with van der Waals surface area (Å²) in [6.45, 7) is 4.31. The molecule has 1 unspecified atom stereocenters. The molecule has 4 nitrogen and oxygen atoms in total. The Labute approximate surface area is 120 Å². The average molecular weight is 274 g/mol. The molecule has 20 heavy (non-hydrogen) atoms. The van der Waals surface area contributed by atoms with Crippen molar-refractivity contribution in [1.82, 2.24) is 5.32 Å². The van der Waals surface area contributed by atoms with Gasteiger partial charge in [0.05, 0.1) is 6.10 Å². The molecule has 1 fully saturated rings. The summed E-state index contributed by atoms with van der Waals surface area (Å²) in [7, 11) is 0. The third kappa shape index (κ3) is 2.80. The van der Waals surface area contributed by atoms with Gasteiger partial charge in [0.2, 0.25) is 0 Å². The lowest BCUT2D eigenvalue weighted by molar-refractivity contribution is 0.111. The van der Waals surface area contributed by atoms with Crippen LogP contribution in [0.4, 0.5) is 10.5 Å². The van der Waals surface area contributed by atoms with Crippen molar-refractivity contribution in [2.24, 2.45) is 0 Å². The molecule has 1 N–H and O–H groups in total. The number of benzene rings is 1. The average Bonchev–Trinajstić information content (AvgIpc) is 2.97. The highest BCUT2D eigenvalue weighted by atomic mass is 16.5. The number of nitrogens with one attached hydrogen (secondary N) is 1. The minimum absolute atomic E-state index is 0.00653. The van der Waals surface area contributed by atoms with Crippen LogP contribution < -0.4 is 10.2 Å². The van der Waals surface area contributed by atoms with Crippen LogP contribution in [-0.2, 0) is 11.2 Å². The molecule has 2 aliphatic rings. The summed E-state index contributed by atoms with van der Waals surface area (Å²) >= 11 is 0. The molecule has 0 spiro atoms. The summed E-state index contributed by atoms with van der Waals surface area (Å²) in [5.41, 5.74) is 3.54. The van der Waals surface area contributed by atoms with Crippen LogP contribution in [0.2, 0.25) is 0 Å². The predicted molar refractivity (Wildman–Crippen MR) is 79.2 cm³/mol. The molecule has 0 saturated carbocycles. The van der Waals surface area contributed by atoms with Crippen LogP contribution in [0, 0.1) is 6.92 Å². The number of amides is 2. The van der Waals surface area contributed by atoms with Gasteiger partial charge in [0.1, 0.15) is 0 Å². The molecule has 1 aromatic rings. The van der Waals surface area contributed by atoms with Gasteiger partial charge in [-0.15, -0.1) is 0 Å². The Kier molecular flexibility index (Phi) is 3.92. The molecular weight excluding hydrogens is 252 g/mol. The number of fused-ring (bicyclic) bond motifs is 1. The Morgan fingerprint density at radius 3 is 3.15 bits per heavy atom. The van der Waals surface area contributed by atoms with E-state index >= 15 is 0 Å². The number of anilines is 1. The van der Waals surface area contributed by atoms with Gasteiger partial charge in [-0.3, -0.25) is 4.90 Å². The number of ether oxygens (including phenoxy) is 1. The van der Waals surface area contributed by atoms with E-state index in [1.54, 1.807) is 0 Å². The Bertz CT molecular complexity index is 495. The molecule has 2 aliphatic heterocycles. The van der Waals surface area contributed by atoms with Crippen LogP contribution in [0.15, 0.2) is 18.2 Å². The molecule has 2 heterocycles. The Morgan fingerprint density at radius 1 is 1.45 bits per heavy atom. The van der Waals surface area contributed by atoms with E-state index in [2.05, 4.69) is 30.4 Å². The molecule has 3 rings (SSSR count). The van der Waals surface area contributed by atoms with Crippen LogP contribution >= 0.6 is 0 Å². The van der Waals surface area contributed by atoms with Crippen molar-refractivity contribution in [3.05, 3.63) is 29.3 Å². The van der Waals surface area contributed by atoms with Gasteiger partial charge in [0.25, 0.3) is 0 Å². The molecule has 0 bridgehead atoms. The van der Waals surface area contributed by atoms with Crippen molar-refractivity contribution in [3.8, 4) is 0 Å². The number of aryl methyl sites for hydroxylation is 2. The standard InChI is InChI=1S/C16H22N2O2/c1-12-6-7-13-4-2-8-18(15(13)10-12)16(19)17-11-14-5-3-9-20-14/h6-7,10,14H,2-5,8-9,11H2,1H3,(H,17,19). The van der Waals surface area contributed by atoms with E-state index < -0.39 is 0 Å². The molecule has 2 amide bonds. The Morgan fingerprint density at radius 2 is 2.35 bits per heavy atom. The first-order valence-electron chi connectivity index (χ1n) is 7.50. The summed E-state index contributed by atoms with van der Waals surface area (Å²) in [6.07, 6.45) is 4.44. The highest BCUT2D eigenvalue weighted by molar-refractivity contribution is 5.93. The molecule has 1 aromatic carbocycles. The lowest BCUT2D eigenvalue weighted by Gasteiger charge is -2.30. The van der Waals surface area contributed by atoms with Gasteiger partial charge in [-0.25, -0.2) is 4.79 Å². The van der Waals surface area contributed by atoms with Gasteiger partial charge in [0, 0.05) is 25.4 Å². The van der Waals surface area contributed by atoms with Crippen LogP contribution in [-0.4, -0.2) is 31.8 Å². The fraction of sp³-hybridized carbons (Fsp3) is 0.562. The third-order valence-corrected chi connectivity index (χ3v) is 4.11. The summed E-state index contributed by atoms with van der Waals surface area (Å²) in [5.74, 6) is 0. The van der Waals surface area contributed by atoms with Gasteiger partial charge in [-0.05, 0) is 49.8 Å². The minimum Gasteiger partial charge on any atom is -0.376 e. The second kappa shape index (κ2) is 5.83. The molecule has 0 aromatic heterocycles. The molecule has 0 aliphatic carbocycles. The molecule has 1 saturated heterocycles. The molecule has 1 atom stereocenters. The summed E-state index contributed by atoms with van der Waals surface area (Å²) in [5, 5.41) is 3.02. The number of hydrogen-bond acceptors (Lipinski definition) is 2. The van der Waals surface area contributed by atoms with Gasteiger partial charge in [0.15, 0.2) is 0 Å². The van der Waals surface area contributed by atoms with E-state index in [0.29, 0.717) is 6.54 Å². The number of nitrogens with zero attached hydrogens (tertiary/aromatic N) is 1. The summed E-state index contributed by atoms with van der Waals surface area (Å²) in [6, 6.07) is 6.38. The van der Waals surface area contributed by atoms with E-state index in [1.165, 1.54) is 11.1 Å². The first kappa shape index (κ1) is 13.4. The maximum atomic E-state index is 12.4. The smallest absolute Gasteiger partial charge is 0.321 e. The van der Waals surface area contributed by atoms with E-state index in [0.717, 1.165) is 44.5 Å². The maximum absolute atomic E-state index is 12.4. The fourth-order valence-corrected chi connectivity index (χ4v) is 3.00. The van der Waals surface area contributed by atoms with Gasteiger partial charge >= 0.3 is 6.03 Å². The lowest BCUT2D eigenvalue weighted by Crippen LogP contribution is -2.45. The van der Waals surface area contributed by atoms with Crippen molar-refractivity contribution in [3.63, 3.8) is 0 Å². The van der Waals surface area contributed by atoms with Gasteiger partial charge in [-0.2, -0.15) is 0 Å². The quantitative estimate of drug-likeness (QED) is 0.900. The fourth-order valence-electron chi connectivity index (χ4n) is 3.00. The minimum atomic E-state index is 0.00653. The van der Waals surface area contributed by atoms with E-state index in [4.69, 9.17) is 4.74 Å². The highest BCUT2D eigenvalue weighted by Crippen LogP contribution is 2.28. The van der Waals surface area contributed by atoms with Gasteiger partial charge < -0.3 is 10.1 Å². The number of carbonyl (C=O) groups excluding carboxylic acids is 1. The van der Waals surface area contributed by atoms with Crippen molar-refractivity contribution in [1.29, 1.82) is 0 Å². The van der Waals surface area contributed by atoms with Gasteiger partial charge in [-0.1, -0.05) is 12.1 Å². The predicted octanol–water partition coefficient (Wildman–Crippen LogP) is 2.64. The van der Waals surface area contributed by atoms with Crippen molar-refractivity contribution in [2.45, 2.75) is 38.7 Å². The monoisotopic (exact) mass is 274 g/mol. The lowest BCUT2D eigenvalue weighted by atomic mass is 10.0. The molecule has 0 radical (unpaired) electrons. The van der Waals surface area contributed by atoms with Crippen molar-refractivity contribution in [2.75, 3.05) is 24.6 Å². The van der Waals surface area contributed by atoms with E-state index in [1.807, 2.05) is 4.90 Å². The van der Waals surface area contributed by atoms with E-state index in [-0.39, 0.29) is 12.1 Å². The third-order valence-electron chi connectivity index (χ3n) is 4.11. The number of urea groups is 1. The zero-order valence-corrected chi connectivity index (χ0v) is 12.0. The first-order valence-corrected chi connectivity index (χ1v) is 7.50. The number of carbonyl (C=O) groups is 1. The summed E-state index contributed by atoms with van der Waals surface area (Å²) < 4.78 is 5.55. The zero-order chi connectivity index (χ0) is 13.9. The molecular formula is C16H22N2O2. The van der Waals surface area contributed by atoms with Crippen LogP contribution in [0.25, 0.3) is 0 Å². The highest BCUT2D eigenvalue weighted by Gasteiger charge is 2.24. The number of rotatable bonds is 2. The molecule has 108 valence electrons. The van der Waals surface area contributed by atoms with Crippen LogP contribution in [0.3, 0.4) is 0 Å². The Balaban J connectivity index is 1.68. The summed E-state index contributed by atoms with van der Waals surface area (Å²) in [4.78, 5) is 14.3. The first-order chi connectivity index (χ1) is 9.74. The zero-order valence-electron chi connectivity index (χ0n) is 12.0. The molecule has 4 heteroatoms. The SMILES string of the molecule is Cc1ccc2c(c1)N(C(=O)NCC1CCCO1)CCC2. The second-order valence-electron chi connectivity index (χ2n) is 5.71. The van der Waals surface area contributed by atoms with Crippen LogP contribution in [0.5, 0.6) is 0 Å². The van der Waals surface area contributed by atoms with Crippen LogP contribution in [0.1, 0.15) is 30.4 Å². The van der Waals surface area contributed by atoms with Crippen molar-refractivity contribution < 1.29 is 9.53 Å². The number of hydrogen-bond donors (Lipinski definition) is 1. The maximum Gasteiger partial charge on any atom is 0.321 e. The van der Waals surface area contributed by atoms with E-state index in [9.17, 15) is 4.79 Å². The largest absolute Gasteiger partial charge is 0.376 e. The second-order valence-corrected chi connectivity index (χ2v) is 5.71.